The minimum absolute atomic E-state index is 0.198. The minimum atomic E-state index is -3.22. The molecule has 0 saturated carbocycles. The third-order valence-corrected chi connectivity index (χ3v) is 9.32. The van der Waals surface area contributed by atoms with Crippen molar-refractivity contribution in [3.05, 3.63) is 60.7 Å². The summed E-state index contributed by atoms with van der Waals surface area (Å²) < 4.78 is 27.4. The first-order valence-electron chi connectivity index (χ1n) is 8.14. The molecular formula is C19H25F2NOSi. The van der Waals surface area contributed by atoms with Crippen molar-refractivity contribution in [3.63, 3.8) is 0 Å². The maximum absolute atomic E-state index is 13.7. The molecule has 2 aromatic rings. The number of halogens is 2. The number of hydrogen-bond donors (Lipinski definition) is 2. The summed E-state index contributed by atoms with van der Waals surface area (Å²) in [5, 5.41) is 0.989. The number of rotatable bonds is 7. The Morgan fingerprint density at radius 3 is 1.67 bits per heavy atom. The van der Waals surface area contributed by atoms with Gasteiger partial charge in [-0.3, -0.25) is 0 Å². The molecule has 0 aliphatic heterocycles. The Balaban J connectivity index is 2.46. The van der Waals surface area contributed by atoms with Crippen LogP contribution in [0, 0.1) is 0 Å². The van der Waals surface area contributed by atoms with E-state index in [4.69, 9.17) is 5.73 Å². The van der Waals surface area contributed by atoms with Crippen LogP contribution in [-0.2, 0) is 0 Å². The van der Waals surface area contributed by atoms with Crippen molar-refractivity contribution in [3.8, 4) is 0 Å². The molecule has 2 rings (SSSR count). The fourth-order valence-electron chi connectivity index (χ4n) is 3.09. The molecule has 0 heterocycles. The van der Waals surface area contributed by atoms with Gasteiger partial charge in [0.1, 0.15) is 0 Å². The Morgan fingerprint density at radius 1 is 0.875 bits per heavy atom. The number of benzene rings is 2. The lowest BCUT2D eigenvalue weighted by Gasteiger charge is -2.41. The monoisotopic (exact) mass is 349 g/mol. The van der Waals surface area contributed by atoms with Crippen LogP contribution in [0.15, 0.2) is 60.7 Å². The molecule has 3 N–H and O–H groups in total. The van der Waals surface area contributed by atoms with Gasteiger partial charge in [0.25, 0.3) is 14.2 Å². The average Bonchev–Trinajstić information content (AvgIpc) is 2.61. The lowest BCUT2D eigenvalue weighted by molar-refractivity contribution is -0.00263. The molecule has 0 bridgehead atoms. The third kappa shape index (κ3) is 3.74. The molecule has 0 atom stereocenters. The van der Waals surface area contributed by atoms with Gasteiger partial charge in [-0.25, -0.2) is 8.78 Å². The first-order valence-corrected chi connectivity index (χ1v) is 10.1. The summed E-state index contributed by atoms with van der Waals surface area (Å²) in [5.74, 6) is -2.90. The van der Waals surface area contributed by atoms with Crippen molar-refractivity contribution < 1.29 is 13.6 Å². The first kappa shape index (κ1) is 18.8. The number of nitrogens with two attached hydrogens (primary N) is 1. The van der Waals surface area contributed by atoms with E-state index >= 15 is 0 Å². The maximum Gasteiger partial charge on any atom is 0.260 e. The van der Waals surface area contributed by atoms with Crippen molar-refractivity contribution >= 4 is 18.7 Å². The summed E-state index contributed by atoms with van der Waals surface area (Å²) in [7, 11) is -3.22. The standard InChI is InChI=1S/C19H25F2NOSi/c1-18(2,13-14-19(20,21)15-22)24(23,16-9-5-3-6-10-16)17-11-7-4-8-12-17/h3-12,23H,13-15,22H2,1-2H3. The van der Waals surface area contributed by atoms with Gasteiger partial charge < -0.3 is 10.5 Å². The second-order valence-corrected chi connectivity index (χ2v) is 10.8. The minimum Gasteiger partial charge on any atom is -0.424 e. The van der Waals surface area contributed by atoms with E-state index < -0.39 is 25.8 Å². The van der Waals surface area contributed by atoms with Crippen LogP contribution >= 0.6 is 0 Å². The van der Waals surface area contributed by atoms with Crippen LogP contribution in [0.1, 0.15) is 26.7 Å². The zero-order valence-electron chi connectivity index (χ0n) is 14.2. The molecule has 0 radical (unpaired) electrons. The molecule has 130 valence electrons. The van der Waals surface area contributed by atoms with Crippen LogP contribution in [-0.4, -0.2) is 25.6 Å². The summed E-state index contributed by atoms with van der Waals surface area (Å²) in [6.07, 6.45) is -0.130. The van der Waals surface area contributed by atoms with E-state index in [1.54, 1.807) is 0 Å². The van der Waals surface area contributed by atoms with Crippen molar-refractivity contribution in [1.82, 2.24) is 0 Å². The highest BCUT2D eigenvalue weighted by Gasteiger charge is 2.50. The normalized spacial score (nSPS) is 13.1. The van der Waals surface area contributed by atoms with Gasteiger partial charge in [0.15, 0.2) is 0 Å². The third-order valence-electron chi connectivity index (χ3n) is 4.78. The zero-order valence-corrected chi connectivity index (χ0v) is 15.2. The van der Waals surface area contributed by atoms with Gasteiger partial charge in [-0.2, -0.15) is 0 Å². The molecular weight excluding hydrogens is 324 g/mol. The highest BCUT2D eigenvalue weighted by atomic mass is 28.4. The SMILES string of the molecule is CC(C)(CCC(F)(F)CN)[Si](O)(c1ccccc1)c1ccccc1. The van der Waals surface area contributed by atoms with Crippen LogP contribution in [0.25, 0.3) is 0 Å². The Labute approximate surface area is 143 Å². The van der Waals surface area contributed by atoms with Crippen molar-refractivity contribution in [2.75, 3.05) is 6.54 Å². The fraction of sp³-hybridized carbons (Fsp3) is 0.368. The van der Waals surface area contributed by atoms with E-state index in [0.717, 1.165) is 10.4 Å². The lowest BCUT2D eigenvalue weighted by Crippen LogP contribution is -2.65. The van der Waals surface area contributed by atoms with Crippen LogP contribution in [0.5, 0.6) is 0 Å². The molecule has 24 heavy (non-hydrogen) atoms. The van der Waals surface area contributed by atoms with E-state index in [-0.39, 0.29) is 12.8 Å². The highest BCUT2D eigenvalue weighted by Crippen LogP contribution is 2.41. The predicted octanol–water partition coefficient (Wildman–Crippen LogP) is 2.89. The molecule has 0 aliphatic rings. The van der Waals surface area contributed by atoms with Crippen LogP contribution in [0.4, 0.5) is 8.78 Å². The Kier molecular flexibility index (Phi) is 5.58. The summed E-state index contributed by atoms with van der Waals surface area (Å²) in [5.41, 5.74) is 5.17. The van der Waals surface area contributed by atoms with E-state index in [2.05, 4.69) is 0 Å². The second kappa shape index (κ2) is 7.13. The largest absolute Gasteiger partial charge is 0.424 e. The smallest absolute Gasteiger partial charge is 0.260 e. The van der Waals surface area contributed by atoms with Crippen molar-refractivity contribution in [2.24, 2.45) is 5.73 Å². The molecule has 0 saturated heterocycles. The van der Waals surface area contributed by atoms with Gasteiger partial charge in [-0.15, -0.1) is 0 Å². The predicted molar refractivity (Wildman–Crippen MR) is 97.4 cm³/mol. The number of alkyl halides is 2. The Morgan fingerprint density at radius 2 is 1.29 bits per heavy atom. The first-order chi connectivity index (χ1) is 11.2. The summed E-state index contributed by atoms with van der Waals surface area (Å²) in [4.78, 5) is 11.8. The molecule has 2 nitrogen and oxygen atoms in total. The average molecular weight is 349 g/mol. The molecule has 0 spiro atoms. The van der Waals surface area contributed by atoms with Crippen LogP contribution in [0.3, 0.4) is 0 Å². The molecule has 0 aliphatic carbocycles. The van der Waals surface area contributed by atoms with Gasteiger partial charge in [-0.05, 0) is 21.8 Å². The summed E-state index contributed by atoms with van der Waals surface area (Å²) >= 11 is 0. The van der Waals surface area contributed by atoms with Gasteiger partial charge in [0.2, 0.25) is 0 Å². The van der Waals surface area contributed by atoms with Crippen molar-refractivity contribution in [1.29, 1.82) is 0 Å². The van der Waals surface area contributed by atoms with E-state index in [0.29, 0.717) is 0 Å². The Bertz CT molecular complexity index is 607. The topological polar surface area (TPSA) is 46.2 Å². The quantitative estimate of drug-likeness (QED) is 0.755. The Hall–Kier alpha value is -1.56. The van der Waals surface area contributed by atoms with Crippen LogP contribution < -0.4 is 16.1 Å². The van der Waals surface area contributed by atoms with E-state index in [1.807, 2.05) is 74.5 Å². The molecule has 2 aromatic carbocycles. The molecule has 0 aromatic heterocycles. The molecule has 0 amide bonds. The molecule has 0 fully saturated rings. The van der Waals surface area contributed by atoms with Gasteiger partial charge in [0, 0.05) is 6.42 Å². The zero-order chi connectivity index (χ0) is 17.8. The maximum atomic E-state index is 13.7. The number of hydrogen-bond acceptors (Lipinski definition) is 2. The summed E-state index contributed by atoms with van der Waals surface area (Å²) in [6.45, 7) is 3.09. The fourth-order valence-corrected chi connectivity index (χ4v) is 6.82. The highest BCUT2D eigenvalue weighted by molar-refractivity contribution is 6.98. The van der Waals surface area contributed by atoms with E-state index in [1.165, 1.54) is 0 Å². The second-order valence-electron chi connectivity index (χ2n) is 6.89. The summed E-state index contributed by atoms with van der Waals surface area (Å²) in [6, 6.07) is 18.8. The van der Waals surface area contributed by atoms with E-state index in [9.17, 15) is 13.6 Å². The molecule has 5 heteroatoms. The lowest BCUT2D eigenvalue weighted by atomic mass is 10.0. The van der Waals surface area contributed by atoms with Gasteiger partial charge in [-0.1, -0.05) is 74.5 Å². The molecule has 0 unspecified atom stereocenters. The van der Waals surface area contributed by atoms with Crippen LogP contribution in [0.2, 0.25) is 5.04 Å². The van der Waals surface area contributed by atoms with Gasteiger partial charge >= 0.3 is 0 Å². The van der Waals surface area contributed by atoms with Crippen molar-refractivity contribution in [2.45, 2.75) is 37.6 Å². The van der Waals surface area contributed by atoms with Gasteiger partial charge in [0.05, 0.1) is 6.54 Å².